The molecule has 0 aliphatic carbocycles. The molecule has 0 atom stereocenters. The number of pyridine rings is 1. The summed E-state index contributed by atoms with van der Waals surface area (Å²) >= 11 is 0. The summed E-state index contributed by atoms with van der Waals surface area (Å²) in [6, 6.07) is 7.48. The Bertz CT molecular complexity index is 907. The van der Waals surface area contributed by atoms with Crippen LogP contribution in [0.4, 0.5) is 11.5 Å². The summed E-state index contributed by atoms with van der Waals surface area (Å²) in [5, 5.41) is 7.83. The lowest BCUT2D eigenvalue weighted by Crippen LogP contribution is -2.19. The lowest BCUT2D eigenvalue weighted by atomic mass is 10.2. The molecule has 26 heavy (non-hydrogen) atoms. The fourth-order valence-corrected chi connectivity index (χ4v) is 3.37. The van der Waals surface area contributed by atoms with Gasteiger partial charge in [0.25, 0.3) is 5.91 Å². The van der Waals surface area contributed by atoms with Crippen LogP contribution in [0.25, 0.3) is 0 Å². The third-order valence-corrected chi connectivity index (χ3v) is 5.09. The molecule has 0 spiro atoms. The maximum Gasteiger partial charge on any atom is 0.259 e. The van der Waals surface area contributed by atoms with E-state index in [-0.39, 0.29) is 16.2 Å². The molecule has 3 rings (SSSR count). The largest absolute Gasteiger partial charge is 0.496 e. The average Bonchev–Trinajstić information content (AvgIpc) is 3.15. The number of nitrogens with zero attached hydrogens (tertiary/aromatic N) is 2. The quantitative estimate of drug-likeness (QED) is 0.819. The molecule has 1 amide bonds. The van der Waals surface area contributed by atoms with Crippen molar-refractivity contribution in [3.63, 3.8) is 0 Å². The van der Waals surface area contributed by atoms with E-state index in [9.17, 15) is 13.2 Å². The molecule has 2 aromatic rings. The molecule has 1 aromatic heterocycles. The van der Waals surface area contributed by atoms with Gasteiger partial charge in [0.05, 0.1) is 29.5 Å². The molecular weight excluding hydrogens is 356 g/mol. The van der Waals surface area contributed by atoms with Crippen molar-refractivity contribution < 1.29 is 17.9 Å². The number of ether oxygens (including phenoxy) is 1. The van der Waals surface area contributed by atoms with Crippen LogP contribution in [0.1, 0.15) is 23.2 Å². The van der Waals surface area contributed by atoms with E-state index in [1.165, 1.54) is 25.3 Å². The summed E-state index contributed by atoms with van der Waals surface area (Å²) < 4.78 is 28.2. The Labute approximate surface area is 152 Å². The highest BCUT2D eigenvalue weighted by atomic mass is 32.2. The van der Waals surface area contributed by atoms with Gasteiger partial charge in [-0.15, -0.1) is 0 Å². The number of hydrogen-bond donors (Lipinski definition) is 2. The zero-order valence-corrected chi connectivity index (χ0v) is 15.1. The van der Waals surface area contributed by atoms with Crippen LogP contribution in [0, 0.1) is 0 Å². The van der Waals surface area contributed by atoms with Crippen LogP contribution < -0.4 is 20.1 Å². The highest BCUT2D eigenvalue weighted by Crippen LogP contribution is 2.24. The van der Waals surface area contributed by atoms with Crippen molar-refractivity contribution in [1.29, 1.82) is 0 Å². The number of sulfonamides is 1. The molecule has 8 nitrogen and oxygen atoms in total. The van der Waals surface area contributed by atoms with E-state index >= 15 is 0 Å². The first-order chi connectivity index (χ1) is 12.4. The fourth-order valence-electron chi connectivity index (χ4n) is 2.83. The Morgan fingerprint density at radius 1 is 1.23 bits per heavy atom. The van der Waals surface area contributed by atoms with Crippen LogP contribution in [0.2, 0.25) is 0 Å². The molecule has 138 valence electrons. The van der Waals surface area contributed by atoms with Crippen molar-refractivity contribution >= 4 is 27.4 Å². The Hall–Kier alpha value is -2.65. The molecule has 0 unspecified atom stereocenters. The van der Waals surface area contributed by atoms with Crippen LogP contribution in [-0.2, 0) is 10.0 Å². The van der Waals surface area contributed by atoms with Crippen molar-refractivity contribution in [2.45, 2.75) is 17.7 Å². The number of anilines is 2. The van der Waals surface area contributed by atoms with Gasteiger partial charge >= 0.3 is 0 Å². The predicted molar refractivity (Wildman–Crippen MR) is 98.0 cm³/mol. The SMILES string of the molecule is COc1ccc(S(N)(=O)=O)cc1C(=O)Nc1ccc(N2CCCC2)nc1. The van der Waals surface area contributed by atoms with Gasteiger partial charge in [-0.25, -0.2) is 18.5 Å². The molecule has 1 aliphatic heterocycles. The van der Waals surface area contributed by atoms with Gasteiger partial charge in [0, 0.05) is 13.1 Å². The van der Waals surface area contributed by atoms with E-state index in [4.69, 9.17) is 9.88 Å². The standard InChI is InChI=1S/C17H20N4O4S/c1-25-15-6-5-13(26(18,23)24)10-14(15)17(22)20-12-4-7-16(19-11-12)21-8-2-3-9-21/h4-7,10-11H,2-3,8-9H2,1H3,(H,20,22)(H2,18,23,24). The maximum absolute atomic E-state index is 12.5. The fraction of sp³-hybridized carbons (Fsp3) is 0.294. The van der Waals surface area contributed by atoms with Crippen LogP contribution in [0.3, 0.4) is 0 Å². The molecule has 1 aromatic carbocycles. The van der Waals surface area contributed by atoms with Crippen molar-refractivity contribution in [3.8, 4) is 5.75 Å². The average molecular weight is 376 g/mol. The number of carbonyl (C=O) groups is 1. The van der Waals surface area contributed by atoms with Gasteiger partial charge in [-0.2, -0.15) is 0 Å². The third-order valence-electron chi connectivity index (χ3n) is 4.18. The molecule has 0 radical (unpaired) electrons. The van der Waals surface area contributed by atoms with Crippen molar-refractivity contribution in [2.75, 3.05) is 30.4 Å². The normalized spacial score (nSPS) is 14.3. The second kappa shape index (κ2) is 7.30. The minimum absolute atomic E-state index is 0.0719. The highest BCUT2D eigenvalue weighted by molar-refractivity contribution is 7.89. The first-order valence-electron chi connectivity index (χ1n) is 8.11. The first kappa shape index (κ1) is 18.2. The molecule has 1 saturated heterocycles. The summed E-state index contributed by atoms with van der Waals surface area (Å²) in [5.74, 6) is 0.605. The number of methoxy groups -OCH3 is 1. The van der Waals surface area contributed by atoms with Gasteiger partial charge in [-0.05, 0) is 43.2 Å². The zero-order chi connectivity index (χ0) is 18.7. The Balaban J connectivity index is 1.81. The molecule has 0 saturated carbocycles. The number of primary sulfonamides is 1. The lowest BCUT2D eigenvalue weighted by molar-refractivity contribution is 0.102. The molecule has 1 aliphatic rings. The Kier molecular flexibility index (Phi) is 5.10. The van der Waals surface area contributed by atoms with Crippen molar-refractivity contribution in [3.05, 3.63) is 42.1 Å². The number of hydrogen-bond acceptors (Lipinski definition) is 6. The summed E-state index contributed by atoms with van der Waals surface area (Å²) in [6.07, 6.45) is 3.88. The van der Waals surface area contributed by atoms with Crippen LogP contribution in [0.5, 0.6) is 5.75 Å². The summed E-state index contributed by atoms with van der Waals surface area (Å²) in [7, 11) is -2.53. The van der Waals surface area contributed by atoms with E-state index in [2.05, 4.69) is 15.2 Å². The Morgan fingerprint density at radius 3 is 2.54 bits per heavy atom. The number of carbonyl (C=O) groups excluding carboxylic acids is 1. The minimum Gasteiger partial charge on any atom is -0.496 e. The van der Waals surface area contributed by atoms with E-state index in [1.807, 2.05) is 6.07 Å². The van der Waals surface area contributed by atoms with Gasteiger partial charge in [0.2, 0.25) is 10.0 Å². The number of rotatable bonds is 5. The van der Waals surface area contributed by atoms with Crippen LogP contribution in [-0.4, -0.2) is 39.5 Å². The van der Waals surface area contributed by atoms with Crippen molar-refractivity contribution in [1.82, 2.24) is 4.98 Å². The van der Waals surface area contributed by atoms with Gasteiger partial charge in [-0.1, -0.05) is 0 Å². The highest BCUT2D eigenvalue weighted by Gasteiger charge is 2.18. The molecule has 9 heteroatoms. The van der Waals surface area contributed by atoms with Gasteiger partial charge < -0.3 is 15.0 Å². The monoisotopic (exact) mass is 376 g/mol. The summed E-state index contributed by atoms with van der Waals surface area (Å²) in [5.41, 5.74) is 0.573. The molecular formula is C17H20N4O4S. The lowest BCUT2D eigenvalue weighted by Gasteiger charge is -2.16. The van der Waals surface area contributed by atoms with E-state index in [1.54, 1.807) is 12.3 Å². The Morgan fingerprint density at radius 2 is 1.96 bits per heavy atom. The minimum atomic E-state index is -3.93. The number of nitrogens with two attached hydrogens (primary N) is 1. The van der Waals surface area contributed by atoms with Crippen LogP contribution >= 0.6 is 0 Å². The number of aromatic nitrogens is 1. The third kappa shape index (κ3) is 3.94. The summed E-state index contributed by atoms with van der Waals surface area (Å²) in [4.78, 5) is 18.9. The first-order valence-corrected chi connectivity index (χ1v) is 9.66. The maximum atomic E-state index is 12.5. The van der Waals surface area contributed by atoms with Gasteiger partial charge in [0.1, 0.15) is 11.6 Å². The van der Waals surface area contributed by atoms with E-state index < -0.39 is 15.9 Å². The second-order valence-electron chi connectivity index (χ2n) is 5.96. The predicted octanol–water partition coefficient (Wildman–Crippen LogP) is 1.59. The number of benzene rings is 1. The van der Waals surface area contributed by atoms with E-state index in [0.717, 1.165) is 31.7 Å². The molecule has 2 heterocycles. The molecule has 1 fully saturated rings. The topological polar surface area (TPSA) is 115 Å². The van der Waals surface area contributed by atoms with Gasteiger partial charge in [0.15, 0.2) is 0 Å². The van der Waals surface area contributed by atoms with Crippen molar-refractivity contribution in [2.24, 2.45) is 5.14 Å². The van der Waals surface area contributed by atoms with Crippen LogP contribution in [0.15, 0.2) is 41.4 Å². The molecule has 3 N–H and O–H groups in total. The molecule has 0 bridgehead atoms. The van der Waals surface area contributed by atoms with E-state index in [0.29, 0.717) is 5.69 Å². The van der Waals surface area contributed by atoms with Gasteiger partial charge in [-0.3, -0.25) is 4.79 Å². The zero-order valence-electron chi connectivity index (χ0n) is 14.3. The summed E-state index contributed by atoms with van der Waals surface area (Å²) in [6.45, 7) is 1.96. The smallest absolute Gasteiger partial charge is 0.259 e. The second-order valence-corrected chi connectivity index (χ2v) is 7.52. The number of amides is 1. The number of nitrogens with one attached hydrogen (secondary N) is 1.